The van der Waals surface area contributed by atoms with E-state index in [4.69, 9.17) is 4.42 Å². The molecule has 6 heteroatoms. The molecule has 0 aliphatic carbocycles. The van der Waals surface area contributed by atoms with Gasteiger partial charge in [0.15, 0.2) is 4.34 Å². The van der Waals surface area contributed by atoms with Gasteiger partial charge in [-0.15, -0.1) is 21.5 Å². The second kappa shape index (κ2) is 5.99. The molecule has 0 fully saturated rings. The largest absolute Gasteiger partial charge is 0.419 e. The molecule has 0 amide bonds. The van der Waals surface area contributed by atoms with Gasteiger partial charge in [0.05, 0.1) is 5.25 Å². The van der Waals surface area contributed by atoms with E-state index in [9.17, 15) is 0 Å². The second-order valence-corrected chi connectivity index (χ2v) is 7.27. The first kappa shape index (κ1) is 14.3. The SMILES string of the molecule is Cc1ccc(-c2nnc([C@H](C)Sc3nc(C)cs3)o2)cc1. The van der Waals surface area contributed by atoms with Gasteiger partial charge in [-0.05, 0) is 32.9 Å². The number of hydrogen-bond acceptors (Lipinski definition) is 6. The predicted octanol–water partition coefficient (Wildman–Crippen LogP) is 4.66. The van der Waals surface area contributed by atoms with Gasteiger partial charge in [-0.2, -0.15) is 0 Å². The van der Waals surface area contributed by atoms with Gasteiger partial charge in [-0.1, -0.05) is 29.5 Å². The Morgan fingerprint density at radius 1 is 1.14 bits per heavy atom. The topological polar surface area (TPSA) is 51.8 Å². The molecule has 108 valence electrons. The number of thiazole rings is 1. The lowest BCUT2D eigenvalue weighted by molar-refractivity contribution is 0.509. The molecule has 2 heterocycles. The van der Waals surface area contributed by atoms with Crippen molar-refractivity contribution in [2.45, 2.75) is 30.4 Å². The summed E-state index contributed by atoms with van der Waals surface area (Å²) in [4.78, 5) is 4.44. The Balaban J connectivity index is 1.76. The molecule has 0 spiro atoms. The molecule has 0 aliphatic heterocycles. The molecular formula is C15H15N3OS2. The normalized spacial score (nSPS) is 12.5. The highest BCUT2D eigenvalue weighted by atomic mass is 32.2. The molecule has 0 bridgehead atoms. The summed E-state index contributed by atoms with van der Waals surface area (Å²) in [6.07, 6.45) is 0. The minimum Gasteiger partial charge on any atom is -0.419 e. The van der Waals surface area contributed by atoms with Gasteiger partial charge >= 0.3 is 0 Å². The van der Waals surface area contributed by atoms with E-state index >= 15 is 0 Å². The van der Waals surface area contributed by atoms with Crippen molar-refractivity contribution in [2.24, 2.45) is 0 Å². The molecule has 4 nitrogen and oxygen atoms in total. The lowest BCUT2D eigenvalue weighted by atomic mass is 10.1. The zero-order valence-corrected chi connectivity index (χ0v) is 13.7. The molecule has 1 aromatic carbocycles. The molecule has 0 radical (unpaired) electrons. The Kier molecular flexibility index (Phi) is 4.07. The van der Waals surface area contributed by atoms with E-state index in [-0.39, 0.29) is 5.25 Å². The minimum absolute atomic E-state index is 0.0854. The summed E-state index contributed by atoms with van der Waals surface area (Å²) in [7, 11) is 0. The zero-order valence-electron chi connectivity index (χ0n) is 12.0. The fourth-order valence-corrected chi connectivity index (χ4v) is 3.82. The van der Waals surface area contributed by atoms with Crippen molar-refractivity contribution < 1.29 is 4.42 Å². The molecule has 0 unspecified atom stereocenters. The Labute approximate surface area is 131 Å². The number of benzene rings is 1. The summed E-state index contributed by atoms with van der Waals surface area (Å²) in [5.74, 6) is 1.19. The Morgan fingerprint density at radius 3 is 2.57 bits per heavy atom. The van der Waals surface area contributed by atoms with E-state index in [2.05, 4.69) is 22.1 Å². The molecule has 0 saturated carbocycles. The third kappa shape index (κ3) is 3.33. The number of nitrogens with zero attached hydrogens (tertiary/aromatic N) is 3. The van der Waals surface area contributed by atoms with Crippen molar-refractivity contribution in [1.82, 2.24) is 15.2 Å². The molecular weight excluding hydrogens is 302 g/mol. The average Bonchev–Trinajstić information content (AvgIpc) is 3.09. The van der Waals surface area contributed by atoms with Crippen LogP contribution in [0.5, 0.6) is 0 Å². The van der Waals surface area contributed by atoms with E-state index in [0.29, 0.717) is 11.8 Å². The molecule has 2 aromatic heterocycles. The molecule has 0 N–H and O–H groups in total. The Morgan fingerprint density at radius 2 is 1.90 bits per heavy atom. The van der Waals surface area contributed by atoms with Gasteiger partial charge in [0, 0.05) is 16.6 Å². The van der Waals surface area contributed by atoms with Crippen LogP contribution in [0.25, 0.3) is 11.5 Å². The second-order valence-electron chi connectivity index (χ2n) is 4.83. The summed E-state index contributed by atoms with van der Waals surface area (Å²) in [6.45, 7) is 6.10. The van der Waals surface area contributed by atoms with Gasteiger partial charge in [-0.3, -0.25) is 0 Å². The maximum absolute atomic E-state index is 5.78. The highest BCUT2D eigenvalue weighted by molar-refractivity contribution is 8.01. The maximum Gasteiger partial charge on any atom is 0.247 e. The first-order chi connectivity index (χ1) is 10.1. The maximum atomic E-state index is 5.78. The van der Waals surface area contributed by atoms with Crippen molar-refractivity contribution in [3.63, 3.8) is 0 Å². The van der Waals surface area contributed by atoms with Crippen LogP contribution in [0.4, 0.5) is 0 Å². The Hall–Kier alpha value is -1.66. The van der Waals surface area contributed by atoms with Crippen LogP contribution in [0.1, 0.15) is 29.3 Å². The Bertz CT molecular complexity index is 733. The van der Waals surface area contributed by atoms with Crippen LogP contribution in [0.3, 0.4) is 0 Å². The van der Waals surface area contributed by atoms with Gasteiger partial charge in [-0.25, -0.2) is 4.98 Å². The van der Waals surface area contributed by atoms with Gasteiger partial charge in [0.1, 0.15) is 0 Å². The first-order valence-electron chi connectivity index (χ1n) is 6.61. The molecule has 21 heavy (non-hydrogen) atoms. The van der Waals surface area contributed by atoms with Crippen LogP contribution in [-0.2, 0) is 0 Å². The molecule has 0 saturated heterocycles. The van der Waals surface area contributed by atoms with E-state index in [0.717, 1.165) is 15.6 Å². The van der Waals surface area contributed by atoms with Gasteiger partial charge in [0.25, 0.3) is 0 Å². The fraction of sp³-hybridized carbons (Fsp3) is 0.267. The number of aryl methyl sites for hydroxylation is 2. The smallest absolute Gasteiger partial charge is 0.247 e. The monoisotopic (exact) mass is 317 g/mol. The van der Waals surface area contributed by atoms with Crippen molar-refractivity contribution >= 4 is 23.1 Å². The number of rotatable bonds is 4. The first-order valence-corrected chi connectivity index (χ1v) is 8.37. The summed E-state index contributed by atoms with van der Waals surface area (Å²) in [5, 5.41) is 10.4. The predicted molar refractivity (Wildman–Crippen MR) is 85.6 cm³/mol. The average molecular weight is 317 g/mol. The van der Waals surface area contributed by atoms with Crippen molar-refractivity contribution in [3.8, 4) is 11.5 Å². The quantitative estimate of drug-likeness (QED) is 0.655. The number of thioether (sulfide) groups is 1. The highest BCUT2D eigenvalue weighted by Crippen LogP contribution is 2.36. The van der Waals surface area contributed by atoms with Crippen molar-refractivity contribution in [2.75, 3.05) is 0 Å². The van der Waals surface area contributed by atoms with Gasteiger partial charge in [0.2, 0.25) is 11.8 Å². The lowest BCUT2D eigenvalue weighted by Gasteiger charge is -2.02. The molecule has 0 aliphatic rings. The molecule has 3 rings (SSSR count). The summed E-state index contributed by atoms with van der Waals surface area (Å²) >= 11 is 3.28. The fourth-order valence-electron chi connectivity index (χ4n) is 1.80. The van der Waals surface area contributed by atoms with Crippen molar-refractivity contribution in [3.05, 3.63) is 46.8 Å². The van der Waals surface area contributed by atoms with E-state index < -0.39 is 0 Å². The van der Waals surface area contributed by atoms with Gasteiger partial charge < -0.3 is 4.42 Å². The summed E-state index contributed by atoms with van der Waals surface area (Å²) in [6, 6.07) is 8.06. The van der Waals surface area contributed by atoms with E-state index in [1.165, 1.54) is 5.56 Å². The van der Waals surface area contributed by atoms with Crippen LogP contribution in [0, 0.1) is 13.8 Å². The third-order valence-electron chi connectivity index (χ3n) is 2.96. The standard InChI is InChI=1S/C15H15N3OS2/c1-9-4-6-12(7-5-9)14-18-17-13(19-14)11(3)21-15-16-10(2)8-20-15/h4-8,11H,1-3H3/t11-/m0/s1. The van der Waals surface area contributed by atoms with E-state index in [1.54, 1.807) is 23.1 Å². The summed E-state index contributed by atoms with van der Waals surface area (Å²) in [5.41, 5.74) is 3.20. The number of aromatic nitrogens is 3. The van der Waals surface area contributed by atoms with Crippen LogP contribution in [0.2, 0.25) is 0 Å². The third-order valence-corrected chi connectivity index (χ3v) is 5.14. The zero-order chi connectivity index (χ0) is 14.8. The minimum atomic E-state index is 0.0854. The lowest BCUT2D eigenvalue weighted by Crippen LogP contribution is -1.88. The van der Waals surface area contributed by atoms with Crippen LogP contribution in [0.15, 0.2) is 38.4 Å². The molecule has 1 atom stereocenters. The van der Waals surface area contributed by atoms with Crippen LogP contribution in [-0.4, -0.2) is 15.2 Å². The highest BCUT2D eigenvalue weighted by Gasteiger charge is 2.17. The van der Waals surface area contributed by atoms with E-state index in [1.807, 2.05) is 43.5 Å². The summed E-state index contributed by atoms with van der Waals surface area (Å²) < 4.78 is 6.81. The van der Waals surface area contributed by atoms with Crippen LogP contribution >= 0.6 is 23.1 Å². The van der Waals surface area contributed by atoms with Crippen LogP contribution < -0.4 is 0 Å². The van der Waals surface area contributed by atoms with Crippen molar-refractivity contribution in [1.29, 1.82) is 0 Å². The molecule has 3 aromatic rings. The number of hydrogen-bond donors (Lipinski definition) is 0.